The summed E-state index contributed by atoms with van der Waals surface area (Å²) in [4.78, 5) is 2.51. The Kier molecular flexibility index (Phi) is 4.44. The second kappa shape index (κ2) is 5.67. The lowest BCUT2D eigenvalue weighted by molar-refractivity contribution is 0.129. The van der Waals surface area contributed by atoms with Gasteiger partial charge >= 0.3 is 0 Å². The lowest BCUT2D eigenvalue weighted by Gasteiger charge is -2.40. The molecule has 1 N–H and O–H groups in total. The van der Waals surface area contributed by atoms with E-state index in [9.17, 15) is 8.42 Å². The highest BCUT2D eigenvalue weighted by atomic mass is 32.2. The molecule has 0 amide bonds. The average molecular weight is 260 g/mol. The SMILES string of the molecule is CCNC1CCCN(C2CCS(=O)(=O)CC2)C1. The summed E-state index contributed by atoms with van der Waals surface area (Å²) in [5.74, 6) is 0.778. The van der Waals surface area contributed by atoms with E-state index in [1.165, 1.54) is 12.8 Å². The van der Waals surface area contributed by atoms with E-state index in [1.54, 1.807) is 0 Å². The first kappa shape index (κ1) is 13.3. The molecular weight excluding hydrogens is 236 g/mol. The third kappa shape index (κ3) is 3.66. The lowest BCUT2D eigenvalue weighted by atomic mass is 10.0. The van der Waals surface area contributed by atoms with Crippen molar-refractivity contribution in [2.45, 2.75) is 44.7 Å². The largest absolute Gasteiger partial charge is 0.313 e. The monoisotopic (exact) mass is 260 g/mol. The van der Waals surface area contributed by atoms with Crippen molar-refractivity contribution in [2.24, 2.45) is 0 Å². The summed E-state index contributed by atoms with van der Waals surface area (Å²) in [6.45, 7) is 5.41. The molecule has 0 saturated carbocycles. The van der Waals surface area contributed by atoms with Crippen molar-refractivity contribution in [3.8, 4) is 0 Å². The molecule has 0 aromatic rings. The third-order valence-corrected chi connectivity index (χ3v) is 5.70. The van der Waals surface area contributed by atoms with Crippen LogP contribution in [0.5, 0.6) is 0 Å². The Morgan fingerprint density at radius 2 is 1.94 bits per heavy atom. The van der Waals surface area contributed by atoms with E-state index in [4.69, 9.17) is 0 Å². The Hall–Kier alpha value is -0.130. The van der Waals surface area contributed by atoms with Gasteiger partial charge in [0.05, 0.1) is 11.5 Å². The third-order valence-electron chi connectivity index (χ3n) is 3.99. The molecule has 1 unspecified atom stereocenters. The van der Waals surface area contributed by atoms with Crippen LogP contribution < -0.4 is 5.32 Å². The van der Waals surface area contributed by atoms with Gasteiger partial charge in [0.15, 0.2) is 0 Å². The minimum Gasteiger partial charge on any atom is -0.313 e. The maximum atomic E-state index is 11.4. The zero-order valence-electron chi connectivity index (χ0n) is 10.7. The van der Waals surface area contributed by atoms with Crippen LogP contribution in [0.2, 0.25) is 0 Å². The molecule has 2 heterocycles. The van der Waals surface area contributed by atoms with Crippen molar-refractivity contribution in [3.63, 3.8) is 0 Å². The normalized spacial score (nSPS) is 31.5. The number of sulfone groups is 1. The number of nitrogens with zero attached hydrogens (tertiary/aromatic N) is 1. The molecule has 0 aromatic heterocycles. The maximum Gasteiger partial charge on any atom is 0.150 e. The first-order chi connectivity index (χ1) is 8.11. The van der Waals surface area contributed by atoms with Crippen LogP contribution in [-0.2, 0) is 9.84 Å². The minimum absolute atomic E-state index is 0.389. The van der Waals surface area contributed by atoms with E-state index in [2.05, 4.69) is 17.1 Å². The summed E-state index contributed by atoms with van der Waals surface area (Å²) >= 11 is 0. The number of likely N-dealkylation sites (tertiary alicyclic amines) is 1. The van der Waals surface area contributed by atoms with Crippen LogP contribution in [0.4, 0.5) is 0 Å². The molecule has 2 rings (SSSR count). The minimum atomic E-state index is -2.72. The highest BCUT2D eigenvalue weighted by Crippen LogP contribution is 2.22. The van der Waals surface area contributed by atoms with Gasteiger partial charge in [-0.15, -0.1) is 0 Å². The summed E-state index contributed by atoms with van der Waals surface area (Å²) < 4.78 is 22.8. The quantitative estimate of drug-likeness (QED) is 0.809. The molecule has 17 heavy (non-hydrogen) atoms. The van der Waals surface area contributed by atoms with Gasteiger partial charge in [0, 0.05) is 18.6 Å². The van der Waals surface area contributed by atoms with Gasteiger partial charge in [-0.05, 0) is 38.8 Å². The number of hydrogen-bond acceptors (Lipinski definition) is 4. The number of nitrogens with one attached hydrogen (secondary N) is 1. The maximum absolute atomic E-state index is 11.4. The topological polar surface area (TPSA) is 49.4 Å². The zero-order chi connectivity index (χ0) is 12.3. The second-order valence-electron chi connectivity index (χ2n) is 5.27. The standard InChI is InChI=1S/C12H24N2O2S/c1-2-13-11-4-3-7-14(10-11)12-5-8-17(15,16)9-6-12/h11-13H,2-10H2,1H3. The number of rotatable bonds is 3. The molecule has 5 heteroatoms. The molecule has 0 bridgehead atoms. The van der Waals surface area contributed by atoms with Crippen LogP contribution >= 0.6 is 0 Å². The van der Waals surface area contributed by atoms with E-state index in [1.807, 2.05) is 0 Å². The molecule has 100 valence electrons. The lowest BCUT2D eigenvalue weighted by Crippen LogP contribution is -2.51. The van der Waals surface area contributed by atoms with Crippen LogP contribution in [-0.4, -0.2) is 56.5 Å². The van der Waals surface area contributed by atoms with Gasteiger partial charge in [0.2, 0.25) is 0 Å². The number of piperidine rings is 1. The first-order valence-electron chi connectivity index (χ1n) is 6.78. The fourth-order valence-electron chi connectivity index (χ4n) is 3.04. The van der Waals surface area contributed by atoms with Crippen molar-refractivity contribution in [2.75, 3.05) is 31.1 Å². The molecule has 2 aliphatic rings. The van der Waals surface area contributed by atoms with E-state index < -0.39 is 9.84 Å². The molecule has 0 radical (unpaired) electrons. The van der Waals surface area contributed by atoms with Crippen LogP contribution in [0.15, 0.2) is 0 Å². The van der Waals surface area contributed by atoms with Crippen molar-refractivity contribution in [1.82, 2.24) is 10.2 Å². The van der Waals surface area contributed by atoms with Gasteiger partial charge in [-0.25, -0.2) is 8.42 Å². The molecule has 0 aliphatic carbocycles. The predicted octanol–water partition coefficient (Wildman–Crippen LogP) is 0.638. The van der Waals surface area contributed by atoms with Crippen molar-refractivity contribution >= 4 is 9.84 Å². The molecule has 2 saturated heterocycles. The summed E-state index contributed by atoms with van der Waals surface area (Å²) in [7, 11) is -2.72. The highest BCUT2D eigenvalue weighted by molar-refractivity contribution is 7.91. The molecule has 0 aromatic carbocycles. The first-order valence-corrected chi connectivity index (χ1v) is 8.61. The van der Waals surface area contributed by atoms with E-state index >= 15 is 0 Å². The van der Waals surface area contributed by atoms with E-state index in [0.29, 0.717) is 23.6 Å². The average Bonchev–Trinajstić information content (AvgIpc) is 2.30. The molecule has 2 fully saturated rings. The van der Waals surface area contributed by atoms with Gasteiger partial charge in [-0.1, -0.05) is 6.92 Å². The molecule has 1 atom stereocenters. The van der Waals surface area contributed by atoms with Gasteiger partial charge < -0.3 is 5.32 Å². The predicted molar refractivity (Wildman–Crippen MR) is 69.9 cm³/mol. The van der Waals surface area contributed by atoms with Gasteiger partial charge in [0.1, 0.15) is 9.84 Å². The van der Waals surface area contributed by atoms with Gasteiger partial charge in [0.25, 0.3) is 0 Å². The second-order valence-corrected chi connectivity index (χ2v) is 7.58. The van der Waals surface area contributed by atoms with E-state index in [0.717, 1.165) is 32.5 Å². The Balaban J connectivity index is 1.86. The highest BCUT2D eigenvalue weighted by Gasteiger charge is 2.30. The van der Waals surface area contributed by atoms with Crippen LogP contribution in [0.3, 0.4) is 0 Å². The fourth-order valence-corrected chi connectivity index (χ4v) is 4.50. The van der Waals surface area contributed by atoms with Gasteiger partial charge in [-0.2, -0.15) is 0 Å². The Morgan fingerprint density at radius 1 is 1.24 bits per heavy atom. The van der Waals surface area contributed by atoms with Crippen molar-refractivity contribution in [3.05, 3.63) is 0 Å². The van der Waals surface area contributed by atoms with Crippen LogP contribution in [0, 0.1) is 0 Å². The van der Waals surface area contributed by atoms with Crippen LogP contribution in [0.1, 0.15) is 32.6 Å². The Morgan fingerprint density at radius 3 is 2.59 bits per heavy atom. The summed E-state index contributed by atoms with van der Waals surface area (Å²) in [6.07, 6.45) is 4.17. The number of hydrogen-bond donors (Lipinski definition) is 1. The van der Waals surface area contributed by atoms with Crippen LogP contribution in [0.25, 0.3) is 0 Å². The Labute approximate surface area is 105 Å². The van der Waals surface area contributed by atoms with E-state index in [-0.39, 0.29) is 0 Å². The Bertz CT molecular complexity index is 326. The summed E-state index contributed by atoms with van der Waals surface area (Å²) in [5.41, 5.74) is 0. The smallest absolute Gasteiger partial charge is 0.150 e. The molecule has 4 nitrogen and oxygen atoms in total. The van der Waals surface area contributed by atoms with Crippen molar-refractivity contribution < 1.29 is 8.42 Å². The molecule has 0 spiro atoms. The van der Waals surface area contributed by atoms with Gasteiger partial charge in [-0.3, -0.25) is 4.90 Å². The zero-order valence-corrected chi connectivity index (χ0v) is 11.5. The number of likely N-dealkylation sites (N-methyl/N-ethyl adjacent to an activating group) is 1. The summed E-state index contributed by atoms with van der Waals surface area (Å²) in [6, 6.07) is 1.10. The molecular formula is C12H24N2O2S. The summed E-state index contributed by atoms with van der Waals surface area (Å²) in [5, 5.41) is 3.51. The fraction of sp³-hybridized carbons (Fsp3) is 1.00. The molecule has 2 aliphatic heterocycles. The van der Waals surface area contributed by atoms with Crippen molar-refractivity contribution in [1.29, 1.82) is 0 Å².